The van der Waals surface area contributed by atoms with Crippen LogP contribution in [-0.4, -0.2) is 24.9 Å². The first-order valence-corrected chi connectivity index (χ1v) is 6.30. The van der Waals surface area contributed by atoms with Gasteiger partial charge in [0.1, 0.15) is 5.75 Å². The highest BCUT2D eigenvalue weighted by atomic mass is 16.5. The van der Waals surface area contributed by atoms with Crippen LogP contribution in [0.4, 0.5) is 0 Å². The Morgan fingerprint density at radius 3 is 3.00 bits per heavy atom. The van der Waals surface area contributed by atoms with Crippen LogP contribution in [0.25, 0.3) is 0 Å². The van der Waals surface area contributed by atoms with Gasteiger partial charge in [-0.05, 0) is 32.3 Å². The van der Waals surface area contributed by atoms with Crippen LogP contribution in [-0.2, 0) is 0 Å². The van der Waals surface area contributed by atoms with Gasteiger partial charge in [0.2, 0.25) is 0 Å². The lowest BCUT2D eigenvalue weighted by atomic mass is 9.97. The van der Waals surface area contributed by atoms with Crippen LogP contribution in [0, 0.1) is 13.8 Å². The van der Waals surface area contributed by atoms with Crippen LogP contribution >= 0.6 is 0 Å². The van der Waals surface area contributed by atoms with Gasteiger partial charge in [-0.25, -0.2) is 0 Å². The smallest absolute Gasteiger partial charge is 0.126 e. The van der Waals surface area contributed by atoms with E-state index in [2.05, 4.69) is 31.3 Å². The summed E-state index contributed by atoms with van der Waals surface area (Å²) in [6, 6.07) is 4.66. The molecule has 1 aromatic rings. The highest BCUT2D eigenvalue weighted by Gasteiger charge is 2.20. The first-order chi connectivity index (χ1) is 8.22. The first-order valence-electron chi connectivity index (χ1n) is 6.30. The van der Waals surface area contributed by atoms with Crippen LogP contribution in [0.3, 0.4) is 0 Å². The Morgan fingerprint density at radius 1 is 1.41 bits per heavy atom. The third kappa shape index (κ3) is 2.79. The van der Waals surface area contributed by atoms with Crippen molar-refractivity contribution in [2.75, 3.05) is 19.8 Å². The van der Waals surface area contributed by atoms with Gasteiger partial charge in [0.25, 0.3) is 0 Å². The van der Waals surface area contributed by atoms with Crippen molar-refractivity contribution in [3.05, 3.63) is 28.8 Å². The van der Waals surface area contributed by atoms with Gasteiger partial charge < -0.3 is 15.2 Å². The zero-order valence-corrected chi connectivity index (χ0v) is 10.6. The molecule has 3 nitrogen and oxygen atoms in total. The highest BCUT2D eigenvalue weighted by molar-refractivity contribution is 5.46. The summed E-state index contributed by atoms with van der Waals surface area (Å²) >= 11 is 0. The second-order valence-corrected chi connectivity index (χ2v) is 4.72. The monoisotopic (exact) mass is 235 g/mol. The summed E-state index contributed by atoms with van der Waals surface area (Å²) < 4.78 is 5.84. The Bertz CT molecular complexity index is 390. The van der Waals surface area contributed by atoms with Crippen molar-refractivity contribution in [1.29, 1.82) is 0 Å². The largest absolute Gasteiger partial charge is 0.493 e. The molecule has 0 saturated carbocycles. The van der Waals surface area contributed by atoms with Crippen molar-refractivity contribution in [2.24, 2.45) is 0 Å². The van der Waals surface area contributed by atoms with Crippen LogP contribution in [0.2, 0.25) is 0 Å². The van der Waals surface area contributed by atoms with E-state index in [1.807, 2.05) is 0 Å². The zero-order chi connectivity index (χ0) is 12.3. The topological polar surface area (TPSA) is 41.5 Å². The molecule has 2 N–H and O–H groups in total. The molecule has 0 bridgehead atoms. The van der Waals surface area contributed by atoms with Crippen molar-refractivity contribution in [1.82, 2.24) is 5.32 Å². The van der Waals surface area contributed by atoms with Crippen LogP contribution in [0.5, 0.6) is 5.75 Å². The molecule has 0 saturated heterocycles. The average molecular weight is 235 g/mol. The standard InChI is InChI=1S/C14H21NO2/c1-10-8-11(2)14-12(9-10)13(15-5-6-16)4-3-7-17-14/h8-9,13,15-16H,3-7H2,1-2H3. The maximum Gasteiger partial charge on any atom is 0.126 e. The van der Waals surface area contributed by atoms with Crippen molar-refractivity contribution >= 4 is 0 Å². The number of hydrogen-bond donors (Lipinski definition) is 2. The molecule has 1 atom stereocenters. The molecule has 0 amide bonds. The highest BCUT2D eigenvalue weighted by Crippen LogP contribution is 2.34. The van der Waals surface area contributed by atoms with Gasteiger partial charge in [-0.15, -0.1) is 0 Å². The normalized spacial score (nSPS) is 19.4. The number of hydrogen-bond acceptors (Lipinski definition) is 3. The lowest BCUT2D eigenvalue weighted by Gasteiger charge is -2.19. The van der Waals surface area contributed by atoms with Gasteiger partial charge in [-0.3, -0.25) is 0 Å². The number of rotatable bonds is 3. The predicted molar refractivity (Wildman–Crippen MR) is 68.5 cm³/mol. The SMILES string of the molecule is Cc1cc(C)c2c(c1)C(NCCO)CCCO2. The molecule has 1 aromatic carbocycles. The lowest BCUT2D eigenvalue weighted by Crippen LogP contribution is -2.24. The van der Waals surface area contributed by atoms with E-state index >= 15 is 0 Å². The molecule has 1 heterocycles. The summed E-state index contributed by atoms with van der Waals surface area (Å²) in [6.45, 7) is 5.81. The second-order valence-electron chi connectivity index (χ2n) is 4.72. The van der Waals surface area contributed by atoms with E-state index in [4.69, 9.17) is 9.84 Å². The van der Waals surface area contributed by atoms with Crippen LogP contribution in [0.15, 0.2) is 12.1 Å². The van der Waals surface area contributed by atoms with E-state index in [1.165, 1.54) is 16.7 Å². The fourth-order valence-electron chi connectivity index (χ4n) is 2.51. The summed E-state index contributed by atoms with van der Waals surface area (Å²) in [5, 5.41) is 12.3. The van der Waals surface area contributed by atoms with Gasteiger partial charge in [0.05, 0.1) is 13.2 Å². The molecule has 2 rings (SSSR count). The molecule has 0 spiro atoms. The Morgan fingerprint density at radius 2 is 2.24 bits per heavy atom. The average Bonchev–Trinajstić information content (AvgIpc) is 2.49. The van der Waals surface area contributed by atoms with E-state index in [1.54, 1.807) is 0 Å². The minimum absolute atomic E-state index is 0.178. The molecular weight excluding hydrogens is 214 g/mol. The number of ether oxygens (including phenoxy) is 1. The number of benzene rings is 1. The third-order valence-electron chi connectivity index (χ3n) is 3.21. The summed E-state index contributed by atoms with van der Waals surface area (Å²) in [6.07, 6.45) is 2.12. The Kier molecular flexibility index (Phi) is 4.02. The third-order valence-corrected chi connectivity index (χ3v) is 3.21. The Labute approximate surface area is 103 Å². The summed E-state index contributed by atoms with van der Waals surface area (Å²) in [5.74, 6) is 1.03. The summed E-state index contributed by atoms with van der Waals surface area (Å²) in [7, 11) is 0. The maximum absolute atomic E-state index is 8.93. The number of aliphatic hydroxyl groups excluding tert-OH is 1. The number of fused-ring (bicyclic) bond motifs is 1. The van der Waals surface area contributed by atoms with Crippen molar-refractivity contribution in [3.63, 3.8) is 0 Å². The van der Waals surface area contributed by atoms with E-state index in [-0.39, 0.29) is 6.61 Å². The molecule has 0 fully saturated rings. The molecule has 0 aliphatic carbocycles. The van der Waals surface area contributed by atoms with E-state index in [0.29, 0.717) is 12.6 Å². The van der Waals surface area contributed by atoms with Crippen molar-refractivity contribution in [3.8, 4) is 5.75 Å². The molecule has 17 heavy (non-hydrogen) atoms. The van der Waals surface area contributed by atoms with Crippen LogP contribution in [0.1, 0.15) is 35.6 Å². The molecular formula is C14H21NO2. The molecule has 94 valence electrons. The Balaban J connectivity index is 2.33. The maximum atomic E-state index is 8.93. The van der Waals surface area contributed by atoms with Crippen molar-refractivity contribution in [2.45, 2.75) is 32.7 Å². The Hall–Kier alpha value is -1.06. The molecule has 1 unspecified atom stereocenters. The molecule has 1 aliphatic heterocycles. The predicted octanol–water partition coefficient (Wildman–Crippen LogP) is 2.10. The molecule has 1 aliphatic rings. The van der Waals surface area contributed by atoms with Gasteiger partial charge >= 0.3 is 0 Å². The fraction of sp³-hybridized carbons (Fsp3) is 0.571. The first kappa shape index (κ1) is 12.4. The van der Waals surface area contributed by atoms with Gasteiger partial charge in [-0.2, -0.15) is 0 Å². The van der Waals surface area contributed by atoms with Crippen molar-refractivity contribution < 1.29 is 9.84 Å². The van der Waals surface area contributed by atoms with Gasteiger partial charge in [-0.1, -0.05) is 17.7 Å². The number of aryl methyl sites for hydroxylation is 2. The fourth-order valence-corrected chi connectivity index (χ4v) is 2.51. The zero-order valence-electron chi connectivity index (χ0n) is 10.6. The quantitative estimate of drug-likeness (QED) is 0.843. The number of aliphatic hydroxyl groups is 1. The molecule has 0 aromatic heterocycles. The van der Waals surface area contributed by atoms with E-state index < -0.39 is 0 Å². The summed E-state index contributed by atoms with van der Waals surface area (Å²) in [4.78, 5) is 0. The minimum Gasteiger partial charge on any atom is -0.493 e. The van der Waals surface area contributed by atoms with Gasteiger partial charge in [0, 0.05) is 18.2 Å². The second kappa shape index (κ2) is 5.52. The van der Waals surface area contributed by atoms with Gasteiger partial charge in [0.15, 0.2) is 0 Å². The van der Waals surface area contributed by atoms with E-state index in [9.17, 15) is 0 Å². The lowest BCUT2D eigenvalue weighted by molar-refractivity contribution is 0.281. The van der Waals surface area contributed by atoms with E-state index in [0.717, 1.165) is 25.2 Å². The molecule has 3 heteroatoms. The molecule has 0 radical (unpaired) electrons. The number of nitrogens with one attached hydrogen (secondary N) is 1. The summed E-state index contributed by atoms with van der Waals surface area (Å²) in [5.41, 5.74) is 3.72. The van der Waals surface area contributed by atoms with Crippen LogP contribution < -0.4 is 10.1 Å². The minimum atomic E-state index is 0.178.